The molecule has 0 heterocycles. The van der Waals surface area contributed by atoms with Gasteiger partial charge >= 0.3 is 39.5 Å². The van der Waals surface area contributed by atoms with E-state index >= 15 is 0 Å². The molecule has 17 nitrogen and oxygen atoms in total. The molecule has 492 valence electrons. The van der Waals surface area contributed by atoms with Gasteiger partial charge in [-0.3, -0.25) is 37.3 Å². The second-order valence-corrected chi connectivity index (χ2v) is 27.7. The van der Waals surface area contributed by atoms with Gasteiger partial charge in [0.25, 0.3) is 0 Å². The summed E-state index contributed by atoms with van der Waals surface area (Å²) in [7, 11) is -9.89. The van der Waals surface area contributed by atoms with Crippen molar-refractivity contribution in [3.05, 3.63) is 0 Å². The average Bonchev–Trinajstić information content (AvgIpc) is 3.45. The second-order valence-electron chi connectivity index (χ2n) is 24.8. The van der Waals surface area contributed by atoms with Gasteiger partial charge in [-0.25, -0.2) is 9.13 Å². The van der Waals surface area contributed by atoms with E-state index in [1.807, 2.05) is 0 Å². The van der Waals surface area contributed by atoms with Crippen LogP contribution in [0.15, 0.2) is 0 Å². The number of rotatable bonds is 61. The maximum absolute atomic E-state index is 13.0. The van der Waals surface area contributed by atoms with Gasteiger partial charge in [-0.05, 0) is 49.4 Å². The van der Waals surface area contributed by atoms with Gasteiger partial charge in [0.2, 0.25) is 0 Å². The highest BCUT2D eigenvalue weighted by Gasteiger charge is 2.30. The lowest BCUT2D eigenvalue weighted by Gasteiger charge is -2.21. The van der Waals surface area contributed by atoms with Crippen LogP contribution in [0.1, 0.15) is 306 Å². The van der Waals surface area contributed by atoms with Gasteiger partial charge in [0.05, 0.1) is 26.4 Å². The summed E-state index contributed by atoms with van der Waals surface area (Å²) in [6, 6.07) is 0. The standard InChI is InChI=1S/C64H124O17P2/c1-9-57(8)43-35-27-18-13-14-20-31-39-47-64(69)81-60(51-75-62(67)45-37-29-23-22-26-34-42-56(6)7)53-79-83(72,73)77-49-58(65)48-76-82(70,71)78-52-59(50-74-61(66)44-36-28-21-15-17-25-33-41-55(4)5)80-63(68)46-38-30-19-12-10-11-16-24-32-40-54(2)3/h54-60,65H,9-53H2,1-8H3,(H,70,71)(H,72,73)/t57?,58-,59-,60-/m1/s1. The fourth-order valence-electron chi connectivity index (χ4n) is 9.40. The van der Waals surface area contributed by atoms with E-state index in [9.17, 15) is 43.2 Å². The summed E-state index contributed by atoms with van der Waals surface area (Å²) in [4.78, 5) is 72.2. The van der Waals surface area contributed by atoms with Crippen LogP contribution in [0.4, 0.5) is 0 Å². The first-order valence-corrected chi connectivity index (χ1v) is 36.2. The average molecular weight is 1230 g/mol. The van der Waals surface area contributed by atoms with Crippen molar-refractivity contribution >= 4 is 39.5 Å². The molecule has 0 radical (unpaired) electrons. The van der Waals surface area contributed by atoms with Crippen LogP contribution < -0.4 is 0 Å². The summed E-state index contributed by atoms with van der Waals surface area (Å²) in [6.07, 6.45) is 33.6. The van der Waals surface area contributed by atoms with Gasteiger partial charge in [0.1, 0.15) is 19.3 Å². The SMILES string of the molecule is CCC(C)CCCCCCCCCCC(=O)O[C@H](COC(=O)CCCCCCCCC(C)C)COP(=O)(O)OC[C@H](O)COP(=O)(O)OC[C@@H](COC(=O)CCCCCCCCCC(C)C)OC(=O)CCCCCCCCCCCC(C)C. The molecule has 0 saturated carbocycles. The Labute approximate surface area is 505 Å². The third kappa shape index (κ3) is 57.6. The van der Waals surface area contributed by atoms with E-state index in [-0.39, 0.29) is 25.7 Å². The number of unbranched alkanes of at least 4 members (excludes halogenated alkanes) is 26. The first-order valence-electron chi connectivity index (χ1n) is 33.2. The maximum atomic E-state index is 13.0. The largest absolute Gasteiger partial charge is 0.472 e. The second kappa shape index (κ2) is 54.2. The number of phosphoric acid groups is 2. The van der Waals surface area contributed by atoms with Crippen LogP contribution in [0.3, 0.4) is 0 Å². The van der Waals surface area contributed by atoms with E-state index in [0.29, 0.717) is 37.5 Å². The molecular formula is C64H124O17P2. The Morgan fingerprint density at radius 1 is 0.337 bits per heavy atom. The number of carbonyl (C=O) groups excluding carboxylic acids is 4. The molecule has 0 aromatic carbocycles. The molecule has 0 saturated heterocycles. The van der Waals surface area contributed by atoms with Crippen molar-refractivity contribution in [3.63, 3.8) is 0 Å². The Balaban J connectivity index is 5.26. The van der Waals surface area contributed by atoms with Crippen LogP contribution >= 0.6 is 15.6 Å². The third-order valence-electron chi connectivity index (χ3n) is 14.9. The summed E-state index contributed by atoms with van der Waals surface area (Å²) in [5, 5.41) is 10.5. The predicted molar refractivity (Wildman–Crippen MR) is 331 cm³/mol. The minimum Gasteiger partial charge on any atom is -0.462 e. The van der Waals surface area contributed by atoms with Crippen LogP contribution in [0, 0.1) is 23.7 Å². The van der Waals surface area contributed by atoms with Gasteiger partial charge < -0.3 is 33.8 Å². The first kappa shape index (κ1) is 81.1. The maximum Gasteiger partial charge on any atom is 0.472 e. The fraction of sp³-hybridized carbons (Fsp3) is 0.938. The number of hydrogen-bond donors (Lipinski definition) is 3. The minimum atomic E-state index is -4.95. The van der Waals surface area contributed by atoms with E-state index in [1.165, 1.54) is 96.3 Å². The van der Waals surface area contributed by atoms with E-state index in [1.54, 1.807) is 0 Å². The van der Waals surface area contributed by atoms with Gasteiger partial charge in [-0.15, -0.1) is 0 Å². The topological polar surface area (TPSA) is 237 Å². The number of ether oxygens (including phenoxy) is 4. The van der Waals surface area contributed by atoms with Crippen LogP contribution in [-0.2, 0) is 65.4 Å². The quantitative estimate of drug-likeness (QED) is 0.0222. The van der Waals surface area contributed by atoms with Crippen molar-refractivity contribution in [1.29, 1.82) is 0 Å². The summed E-state index contributed by atoms with van der Waals surface area (Å²) < 4.78 is 68.0. The minimum absolute atomic E-state index is 0.103. The lowest BCUT2D eigenvalue weighted by molar-refractivity contribution is -0.161. The lowest BCUT2D eigenvalue weighted by atomic mass is 9.99. The van der Waals surface area contributed by atoms with Gasteiger partial charge in [-0.2, -0.15) is 0 Å². The monoisotopic (exact) mass is 1230 g/mol. The zero-order valence-corrected chi connectivity index (χ0v) is 55.6. The Kier molecular flexibility index (Phi) is 53.0. The summed E-state index contributed by atoms with van der Waals surface area (Å²) in [6.45, 7) is 13.9. The smallest absolute Gasteiger partial charge is 0.462 e. The summed E-state index contributed by atoms with van der Waals surface area (Å²) in [5.41, 5.74) is 0. The number of hydrogen-bond acceptors (Lipinski definition) is 15. The molecule has 0 aromatic rings. The number of esters is 4. The fourth-order valence-corrected chi connectivity index (χ4v) is 11.0. The van der Waals surface area contributed by atoms with E-state index in [0.717, 1.165) is 115 Å². The Morgan fingerprint density at radius 3 is 0.855 bits per heavy atom. The predicted octanol–water partition coefficient (Wildman–Crippen LogP) is 17.4. The molecule has 0 aliphatic rings. The molecule has 0 rings (SSSR count). The molecule has 0 aliphatic heterocycles. The van der Waals surface area contributed by atoms with Crippen LogP contribution in [0.5, 0.6) is 0 Å². The lowest BCUT2D eigenvalue weighted by Crippen LogP contribution is -2.30. The number of phosphoric ester groups is 2. The first-order chi connectivity index (χ1) is 39.6. The molecule has 0 aromatic heterocycles. The van der Waals surface area contributed by atoms with Crippen molar-refractivity contribution < 1.29 is 80.2 Å². The van der Waals surface area contributed by atoms with Gasteiger partial charge in [0, 0.05) is 25.7 Å². The molecule has 3 N–H and O–H groups in total. The van der Waals surface area contributed by atoms with Crippen molar-refractivity contribution in [1.82, 2.24) is 0 Å². The number of carbonyl (C=O) groups is 4. The Morgan fingerprint density at radius 2 is 0.578 bits per heavy atom. The molecule has 6 atom stereocenters. The van der Waals surface area contributed by atoms with Crippen molar-refractivity contribution in [2.75, 3.05) is 39.6 Å². The molecule has 0 aliphatic carbocycles. The molecule has 0 bridgehead atoms. The Hall–Kier alpha value is -1.94. The zero-order valence-electron chi connectivity index (χ0n) is 53.8. The molecule has 83 heavy (non-hydrogen) atoms. The highest BCUT2D eigenvalue weighted by molar-refractivity contribution is 7.47. The molecule has 19 heteroatoms. The van der Waals surface area contributed by atoms with Crippen molar-refractivity contribution in [2.24, 2.45) is 23.7 Å². The van der Waals surface area contributed by atoms with E-state index in [2.05, 4.69) is 55.4 Å². The van der Waals surface area contributed by atoms with Gasteiger partial charge in [-0.1, -0.05) is 254 Å². The molecule has 0 spiro atoms. The third-order valence-corrected chi connectivity index (χ3v) is 16.8. The Bertz CT molecular complexity index is 1660. The molecular weight excluding hydrogens is 1100 g/mol. The zero-order chi connectivity index (χ0) is 61.8. The molecule has 3 unspecified atom stereocenters. The highest BCUT2D eigenvalue weighted by atomic mass is 31.2. The van der Waals surface area contributed by atoms with Crippen LogP contribution in [0.25, 0.3) is 0 Å². The van der Waals surface area contributed by atoms with Crippen LogP contribution in [-0.4, -0.2) is 96.7 Å². The number of aliphatic hydroxyl groups excluding tert-OH is 1. The van der Waals surface area contributed by atoms with Crippen molar-refractivity contribution in [2.45, 2.75) is 324 Å². The number of aliphatic hydroxyl groups is 1. The summed E-state index contributed by atoms with van der Waals surface area (Å²) in [5.74, 6) is 0.748. The van der Waals surface area contributed by atoms with Gasteiger partial charge in [0.15, 0.2) is 12.2 Å². The summed E-state index contributed by atoms with van der Waals surface area (Å²) >= 11 is 0. The normalized spacial score (nSPS) is 14.8. The molecule has 0 amide bonds. The molecule has 0 fully saturated rings. The highest BCUT2D eigenvalue weighted by Crippen LogP contribution is 2.45. The van der Waals surface area contributed by atoms with Crippen molar-refractivity contribution in [3.8, 4) is 0 Å². The van der Waals surface area contributed by atoms with Crippen LogP contribution in [0.2, 0.25) is 0 Å². The van der Waals surface area contributed by atoms with E-state index in [4.69, 9.17) is 37.0 Å². The van der Waals surface area contributed by atoms with E-state index < -0.39 is 97.5 Å².